The van der Waals surface area contributed by atoms with Crippen LogP contribution in [0.3, 0.4) is 0 Å². The number of aliphatic hydroxyl groups is 1. The maximum atomic E-state index is 9.78. The SMILES string of the molecule is CCc1ccccc1CNCC(O)COCC(C)C. The van der Waals surface area contributed by atoms with Gasteiger partial charge in [0.2, 0.25) is 0 Å². The normalized spacial score (nSPS) is 12.9. The molecule has 1 atom stereocenters. The van der Waals surface area contributed by atoms with Gasteiger partial charge in [-0.25, -0.2) is 0 Å². The van der Waals surface area contributed by atoms with Gasteiger partial charge in [0.15, 0.2) is 0 Å². The molecule has 0 heterocycles. The Morgan fingerprint density at radius 3 is 2.47 bits per heavy atom. The Balaban J connectivity index is 2.22. The third-order valence-corrected chi connectivity index (χ3v) is 2.96. The second kappa shape index (κ2) is 9.08. The van der Waals surface area contributed by atoms with Crippen molar-refractivity contribution in [3.63, 3.8) is 0 Å². The molecule has 19 heavy (non-hydrogen) atoms. The lowest BCUT2D eigenvalue weighted by molar-refractivity contribution is 0.0260. The standard InChI is InChI=1S/C16H27NO2/c1-4-14-7-5-6-8-15(14)9-17-10-16(18)12-19-11-13(2)3/h5-8,13,16-18H,4,9-12H2,1-3H3. The maximum Gasteiger partial charge on any atom is 0.0897 e. The van der Waals surface area contributed by atoms with Crippen molar-refractivity contribution in [1.29, 1.82) is 0 Å². The van der Waals surface area contributed by atoms with E-state index in [4.69, 9.17) is 4.74 Å². The number of hydrogen-bond acceptors (Lipinski definition) is 3. The Bertz CT molecular complexity index is 352. The summed E-state index contributed by atoms with van der Waals surface area (Å²) in [4.78, 5) is 0. The first kappa shape index (κ1) is 16.2. The smallest absolute Gasteiger partial charge is 0.0897 e. The molecule has 3 nitrogen and oxygen atoms in total. The minimum Gasteiger partial charge on any atom is -0.389 e. The molecular formula is C16H27NO2. The molecule has 1 unspecified atom stereocenters. The van der Waals surface area contributed by atoms with Crippen LogP contribution < -0.4 is 5.32 Å². The lowest BCUT2D eigenvalue weighted by Crippen LogP contribution is -2.30. The number of aryl methyl sites for hydroxylation is 1. The zero-order chi connectivity index (χ0) is 14.1. The van der Waals surface area contributed by atoms with E-state index in [-0.39, 0.29) is 0 Å². The Labute approximate surface area is 117 Å². The van der Waals surface area contributed by atoms with Crippen LogP contribution in [0, 0.1) is 5.92 Å². The number of rotatable bonds is 9. The van der Waals surface area contributed by atoms with E-state index in [0.29, 0.717) is 25.7 Å². The molecule has 0 fully saturated rings. The fourth-order valence-corrected chi connectivity index (χ4v) is 1.95. The molecule has 0 saturated heterocycles. The lowest BCUT2D eigenvalue weighted by atomic mass is 10.1. The van der Waals surface area contributed by atoms with Crippen molar-refractivity contribution in [3.05, 3.63) is 35.4 Å². The molecule has 0 aliphatic carbocycles. The Morgan fingerprint density at radius 2 is 1.84 bits per heavy atom. The van der Waals surface area contributed by atoms with Gasteiger partial charge in [0.05, 0.1) is 12.7 Å². The first-order chi connectivity index (χ1) is 9.13. The van der Waals surface area contributed by atoms with Crippen LogP contribution in [-0.4, -0.2) is 31.0 Å². The van der Waals surface area contributed by atoms with E-state index in [1.165, 1.54) is 11.1 Å². The van der Waals surface area contributed by atoms with Crippen LogP contribution >= 0.6 is 0 Å². The summed E-state index contributed by atoms with van der Waals surface area (Å²) >= 11 is 0. The minimum atomic E-state index is -0.437. The van der Waals surface area contributed by atoms with E-state index in [1.54, 1.807) is 0 Å². The van der Waals surface area contributed by atoms with Crippen LogP contribution in [0.2, 0.25) is 0 Å². The molecule has 0 amide bonds. The molecule has 1 aromatic carbocycles. The first-order valence-corrected chi connectivity index (χ1v) is 7.16. The molecule has 0 radical (unpaired) electrons. The first-order valence-electron chi connectivity index (χ1n) is 7.16. The van der Waals surface area contributed by atoms with Gasteiger partial charge in [-0.3, -0.25) is 0 Å². The van der Waals surface area contributed by atoms with Gasteiger partial charge in [-0.1, -0.05) is 45.0 Å². The molecule has 0 aliphatic rings. The molecule has 1 aromatic rings. The molecule has 0 bridgehead atoms. The second-order valence-electron chi connectivity index (χ2n) is 5.34. The molecule has 0 saturated carbocycles. The van der Waals surface area contributed by atoms with Crippen molar-refractivity contribution in [2.75, 3.05) is 19.8 Å². The van der Waals surface area contributed by atoms with Gasteiger partial charge < -0.3 is 15.2 Å². The van der Waals surface area contributed by atoms with Crippen LogP contribution in [0.4, 0.5) is 0 Å². The molecule has 108 valence electrons. The topological polar surface area (TPSA) is 41.5 Å². The van der Waals surface area contributed by atoms with Gasteiger partial charge in [0.1, 0.15) is 0 Å². The van der Waals surface area contributed by atoms with Gasteiger partial charge in [-0.15, -0.1) is 0 Å². The molecule has 0 aliphatic heterocycles. The average molecular weight is 265 g/mol. The van der Waals surface area contributed by atoms with E-state index in [0.717, 1.165) is 13.0 Å². The number of aliphatic hydroxyl groups excluding tert-OH is 1. The highest BCUT2D eigenvalue weighted by Crippen LogP contribution is 2.08. The number of nitrogens with one attached hydrogen (secondary N) is 1. The number of benzene rings is 1. The van der Waals surface area contributed by atoms with Crippen molar-refractivity contribution in [1.82, 2.24) is 5.32 Å². The Morgan fingerprint density at radius 1 is 1.16 bits per heavy atom. The summed E-state index contributed by atoms with van der Waals surface area (Å²) in [6.07, 6.45) is 0.602. The summed E-state index contributed by atoms with van der Waals surface area (Å²) in [6.45, 7) is 8.84. The van der Waals surface area contributed by atoms with Crippen LogP contribution in [0.1, 0.15) is 31.9 Å². The largest absolute Gasteiger partial charge is 0.389 e. The summed E-state index contributed by atoms with van der Waals surface area (Å²) in [5.41, 5.74) is 2.67. The van der Waals surface area contributed by atoms with E-state index in [9.17, 15) is 5.11 Å². The monoisotopic (exact) mass is 265 g/mol. The van der Waals surface area contributed by atoms with Crippen LogP contribution in [0.5, 0.6) is 0 Å². The predicted octanol–water partition coefficient (Wildman–Crippen LogP) is 2.37. The third kappa shape index (κ3) is 6.71. The maximum absolute atomic E-state index is 9.78. The second-order valence-corrected chi connectivity index (χ2v) is 5.34. The van der Waals surface area contributed by atoms with E-state index in [2.05, 4.69) is 50.4 Å². The van der Waals surface area contributed by atoms with Crippen molar-refractivity contribution in [3.8, 4) is 0 Å². The van der Waals surface area contributed by atoms with Crippen molar-refractivity contribution in [2.24, 2.45) is 5.92 Å². The number of ether oxygens (including phenoxy) is 1. The van der Waals surface area contributed by atoms with Gasteiger partial charge >= 0.3 is 0 Å². The van der Waals surface area contributed by atoms with Crippen molar-refractivity contribution in [2.45, 2.75) is 39.8 Å². The van der Waals surface area contributed by atoms with Crippen LogP contribution in [-0.2, 0) is 17.7 Å². The predicted molar refractivity (Wildman–Crippen MR) is 79.2 cm³/mol. The van der Waals surface area contributed by atoms with Gasteiger partial charge in [0.25, 0.3) is 0 Å². The molecule has 2 N–H and O–H groups in total. The highest BCUT2D eigenvalue weighted by molar-refractivity contribution is 5.26. The summed E-state index contributed by atoms with van der Waals surface area (Å²) in [5.74, 6) is 0.511. The summed E-state index contributed by atoms with van der Waals surface area (Å²) < 4.78 is 5.41. The van der Waals surface area contributed by atoms with Crippen LogP contribution in [0.25, 0.3) is 0 Å². The van der Waals surface area contributed by atoms with E-state index < -0.39 is 6.10 Å². The van der Waals surface area contributed by atoms with Gasteiger partial charge in [0, 0.05) is 19.7 Å². The molecular weight excluding hydrogens is 238 g/mol. The number of hydrogen-bond donors (Lipinski definition) is 2. The molecule has 0 aromatic heterocycles. The third-order valence-electron chi connectivity index (χ3n) is 2.96. The summed E-state index contributed by atoms with van der Waals surface area (Å²) in [5, 5.41) is 13.1. The fourth-order valence-electron chi connectivity index (χ4n) is 1.95. The highest BCUT2D eigenvalue weighted by atomic mass is 16.5. The zero-order valence-corrected chi connectivity index (χ0v) is 12.4. The highest BCUT2D eigenvalue weighted by Gasteiger charge is 2.05. The fraction of sp³-hybridized carbons (Fsp3) is 0.625. The van der Waals surface area contributed by atoms with Crippen molar-refractivity contribution < 1.29 is 9.84 Å². The molecule has 3 heteroatoms. The molecule has 0 spiro atoms. The average Bonchev–Trinajstić information content (AvgIpc) is 2.39. The molecule has 1 rings (SSSR count). The van der Waals surface area contributed by atoms with E-state index >= 15 is 0 Å². The summed E-state index contributed by atoms with van der Waals surface area (Å²) in [7, 11) is 0. The summed E-state index contributed by atoms with van der Waals surface area (Å²) in [6, 6.07) is 8.40. The lowest BCUT2D eigenvalue weighted by Gasteiger charge is -2.14. The van der Waals surface area contributed by atoms with E-state index in [1.807, 2.05) is 0 Å². The van der Waals surface area contributed by atoms with Crippen LogP contribution in [0.15, 0.2) is 24.3 Å². The van der Waals surface area contributed by atoms with Gasteiger partial charge in [-0.2, -0.15) is 0 Å². The zero-order valence-electron chi connectivity index (χ0n) is 12.4. The van der Waals surface area contributed by atoms with Crippen molar-refractivity contribution >= 4 is 0 Å². The Kier molecular flexibility index (Phi) is 7.72. The minimum absolute atomic E-state index is 0.403. The quantitative estimate of drug-likeness (QED) is 0.720. The Hall–Kier alpha value is -0.900. The van der Waals surface area contributed by atoms with Gasteiger partial charge in [-0.05, 0) is 23.5 Å².